The molecule has 0 aliphatic heterocycles. The smallest absolute Gasteiger partial charge is 0.350 e. The molecule has 0 radical (unpaired) electrons. The molecule has 1 aromatic carbocycles. The Morgan fingerprint density at radius 1 is 1.12 bits per heavy atom. The maximum Gasteiger partial charge on any atom is 0.350 e. The molecule has 0 aliphatic rings. The average Bonchev–Trinajstić information content (AvgIpc) is 2.52. The summed E-state index contributed by atoms with van der Waals surface area (Å²) in [6.45, 7) is 5.99. The van der Waals surface area contributed by atoms with E-state index in [2.05, 4.69) is 10.6 Å². The number of amides is 2. The van der Waals surface area contributed by atoms with Crippen molar-refractivity contribution in [2.24, 2.45) is 0 Å². The summed E-state index contributed by atoms with van der Waals surface area (Å²) in [5.41, 5.74) is -1.29. The summed E-state index contributed by atoms with van der Waals surface area (Å²) in [5, 5.41) is 5.54. The van der Waals surface area contributed by atoms with E-state index in [4.69, 9.17) is 21.1 Å². The first-order valence-electron chi connectivity index (χ1n) is 7.78. The van der Waals surface area contributed by atoms with Crippen molar-refractivity contribution in [2.75, 3.05) is 13.2 Å². The number of rotatable bonds is 8. The molecule has 0 aliphatic carbocycles. The molecule has 8 heteroatoms. The second-order valence-electron chi connectivity index (χ2n) is 6.14. The number of benzene rings is 1. The van der Waals surface area contributed by atoms with E-state index in [-0.39, 0.29) is 18.5 Å². The Hall–Kier alpha value is -2.28. The summed E-state index contributed by atoms with van der Waals surface area (Å²) in [7, 11) is 0. The molecular weight excluding hydrogens is 348 g/mol. The van der Waals surface area contributed by atoms with Crippen LogP contribution in [-0.4, -0.2) is 42.6 Å². The van der Waals surface area contributed by atoms with Crippen LogP contribution in [0.25, 0.3) is 0 Å². The van der Waals surface area contributed by atoms with Crippen molar-refractivity contribution in [2.45, 2.75) is 39.3 Å². The summed E-state index contributed by atoms with van der Waals surface area (Å²) >= 11 is 5.79. The van der Waals surface area contributed by atoms with E-state index in [9.17, 15) is 14.4 Å². The highest BCUT2D eigenvalue weighted by Gasteiger charge is 2.32. The quantitative estimate of drug-likeness (QED) is 0.679. The first kappa shape index (κ1) is 20.8. The molecule has 0 aromatic heterocycles. The second-order valence-corrected chi connectivity index (χ2v) is 6.58. The minimum Gasteiger partial charge on any atom is -0.476 e. The van der Waals surface area contributed by atoms with Crippen LogP contribution in [0.1, 0.15) is 27.7 Å². The van der Waals surface area contributed by atoms with E-state index in [1.54, 1.807) is 24.3 Å². The van der Waals surface area contributed by atoms with Gasteiger partial charge in [-0.1, -0.05) is 11.6 Å². The fraction of sp³-hybridized carbons (Fsp3) is 0.471. The van der Waals surface area contributed by atoms with Gasteiger partial charge in [0, 0.05) is 11.1 Å². The Morgan fingerprint density at radius 2 is 1.72 bits per heavy atom. The highest BCUT2D eigenvalue weighted by atomic mass is 35.5. The monoisotopic (exact) mass is 370 g/mol. The zero-order chi connectivity index (χ0) is 19.0. The van der Waals surface area contributed by atoms with Gasteiger partial charge in [0.05, 0.1) is 6.54 Å². The third-order valence-corrected chi connectivity index (χ3v) is 3.16. The summed E-state index contributed by atoms with van der Waals surface area (Å²) in [6, 6.07) is 6.49. The lowest BCUT2D eigenvalue weighted by Crippen LogP contribution is -2.43. The van der Waals surface area contributed by atoms with Crippen molar-refractivity contribution in [1.82, 2.24) is 10.6 Å². The second kappa shape index (κ2) is 9.27. The maximum absolute atomic E-state index is 12.1. The molecule has 0 heterocycles. The van der Waals surface area contributed by atoms with Crippen LogP contribution in [-0.2, 0) is 19.1 Å². The van der Waals surface area contributed by atoms with Crippen LogP contribution in [0, 0.1) is 0 Å². The van der Waals surface area contributed by atoms with Crippen LogP contribution < -0.4 is 15.4 Å². The number of ether oxygens (including phenoxy) is 2. The van der Waals surface area contributed by atoms with Gasteiger partial charge < -0.3 is 20.1 Å². The highest BCUT2D eigenvalue weighted by Crippen LogP contribution is 2.21. The van der Waals surface area contributed by atoms with E-state index in [0.29, 0.717) is 10.8 Å². The molecule has 1 aromatic rings. The van der Waals surface area contributed by atoms with E-state index < -0.39 is 24.1 Å². The lowest BCUT2D eigenvalue weighted by Gasteiger charge is -2.24. The Kier molecular flexibility index (Phi) is 7.70. The summed E-state index contributed by atoms with van der Waals surface area (Å²) in [5.74, 6) is -1.15. The van der Waals surface area contributed by atoms with Gasteiger partial charge in [-0.15, -0.1) is 0 Å². The van der Waals surface area contributed by atoms with Crippen LogP contribution in [0.15, 0.2) is 24.3 Å². The number of esters is 1. The van der Waals surface area contributed by atoms with E-state index in [0.717, 1.165) is 0 Å². The van der Waals surface area contributed by atoms with Gasteiger partial charge in [0.25, 0.3) is 5.91 Å². The zero-order valence-electron chi connectivity index (χ0n) is 14.7. The molecule has 1 rings (SSSR count). The Bertz CT molecular complexity index is 614. The summed E-state index contributed by atoms with van der Waals surface area (Å²) < 4.78 is 10.5. The SMILES string of the molecule is CC(C)NC(=O)CNC(=O)COC(=O)C(C)(C)Oc1ccc(Cl)cc1. The van der Waals surface area contributed by atoms with Gasteiger partial charge in [-0.2, -0.15) is 0 Å². The van der Waals surface area contributed by atoms with Gasteiger partial charge in [0.2, 0.25) is 5.91 Å². The fourth-order valence-corrected chi connectivity index (χ4v) is 1.87. The fourth-order valence-electron chi connectivity index (χ4n) is 1.75. The summed E-state index contributed by atoms with van der Waals surface area (Å²) in [4.78, 5) is 35.1. The molecule has 0 fully saturated rings. The predicted molar refractivity (Wildman–Crippen MR) is 93.4 cm³/mol. The standard InChI is InChI=1S/C17H23ClN2O5/c1-11(2)20-14(21)9-19-15(22)10-24-16(23)17(3,4)25-13-7-5-12(18)6-8-13/h5-8,11H,9-10H2,1-4H3,(H,19,22)(H,20,21). The van der Waals surface area contributed by atoms with Gasteiger partial charge in [-0.3, -0.25) is 9.59 Å². The van der Waals surface area contributed by atoms with Crippen molar-refractivity contribution >= 4 is 29.4 Å². The normalized spacial score (nSPS) is 11.0. The molecule has 0 atom stereocenters. The van der Waals surface area contributed by atoms with Crippen LogP contribution in [0.5, 0.6) is 5.75 Å². The molecule has 2 amide bonds. The van der Waals surface area contributed by atoms with Crippen LogP contribution in [0.3, 0.4) is 0 Å². The maximum atomic E-state index is 12.1. The topological polar surface area (TPSA) is 93.7 Å². The number of carbonyl (C=O) groups is 3. The molecule has 2 N–H and O–H groups in total. The van der Waals surface area contributed by atoms with Crippen molar-refractivity contribution < 1.29 is 23.9 Å². The van der Waals surface area contributed by atoms with Gasteiger partial charge in [-0.25, -0.2) is 4.79 Å². The number of nitrogens with one attached hydrogen (secondary N) is 2. The number of halogens is 1. The molecule has 7 nitrogen and oxygen atoms in total. The molecule has 0 saturated carbocycles. The minimum absolute atomic E-state index is 0.0203. The van der Waals surface area contributed by atoms with Crippen LogP contribution >= 0.6 is 11.6 Å². The van der Waals surface area contributed by atoms with Crippen molar-refractivity contribution in [3.63, 3.8) is 0 Å². The molecular formula is C17H23ClN2O5. The van der Waals surface area contributed by atoms with Gasteiger partial charge >= 0.3 is 5.97 Å². The van der Waals surface area contributed by atoms with Crippen molar-refractivity contribution in [1.29, 1.82) is 0 Å². The molecule has 0 spiro atoms. The van der Waals surface area contributed by atoms with E-state index in [1.807, 2.05) is 13.8 Å². The molecule has 0 saturated heterocycles. The Morgan fingerprint density at radius 3 is 2.28 bits per heavy atom. The van der Waals surface area contributed by atoms with Gasteiger partial charge in [-0.05, 0) is 52.0 Å². The number of hydrogen-bond donors (Lipinski definition) is 2. The van der Waals surface area contributed by atoms with Crippen molar-refractivity contribution in [3.05, 3.63) is 29.3 Å². The molecule has 0 unspecified atom stereocenters. The average molecular weight is 371 g/mol. The highest BCUT2D eigenvalue weighted by molar-refractivity contribution is 6.30. The Labute approximate surface area is 152 Å². The van der Waals surface area contributed by atoms with E-state index in [1.165, 1.54) is 13.8 Å². The third-order valence-electron chi connectivity index (χ3n) is 2.91. The number of hydrogen-bond acceptors (Lipinski definition) is 5. The van der Waals surface area contributed by atoms with Crippen molar-refractivity contribution in [3.8, 4) is 5.75 Å². The molecule has 25 heavy (non-hydrogen) atoms. The third kappa shape index (κ3) is 7.89. The van der Waals surface area contributed by atoms with Crippen LogP contribution in [0.2, 0.25) is 5.02 Å². The Balaban J connectivity index is 2.42. The van der Waals surface area contributed by atoms with Gasteiger partial charge in [0.15, 0.2) is 12.2 Å². The van der Waals surface area contributed by atoms with Gasteiger partial charge in [0.1, 0.15) is 5.75 Å². The minimum atomic E-state index is -1.29. The predicted octanol–water partition coefficient (Wildman–Crippen LogP) is 1.68. The molecule has 138 valence electrons. The first-order chi connectivity index (χ1) is 11.6. The summed E-state index contributed by atoms with van der Waals surface area (Å²) in [6.07, 6.45) is 0. The lowest BCUT2D eigenvalue weighted by atomic mass is 10.1. The zero-order valence-corrected chi connectivity index (χ0v) is 15.5. The van der Waals surface area contributed by atoms with E-state index >= 15 is 0 Å². The largest absolute Gasteiger partial charge is 0.476 e. The molecule has 0 bridgehead atoms. The number of carbonyl (C=O) groups excluding carboxylic acids is 3. The van der Waals surface area contributed by atoms with Crippen LogP contribution in [0.4, 0.5) is 0 Å². The lowest BCUT2D eigenvalue weighted by molar-refractivity contribution is -0.162. The first-order valence-corrected chi connectivity index (χ1v) is 8.16.